The van der Waals surface area contributed by atoms with Gasteiger partial charge >= 0.3 is 0 Å². The third-order valence-electron chi connectivity index (χ3n) is 6.06. The van der Waals surface area contributed by atoms with E-state index in [0.717, 1.165) is 28.1 Å². The maximum atomic E-state index is 4.70. The SMILES string of the molecule is CN(C)c1ccc(N=Nc2cc(C(C)(C)C)cc3c2[nH]c2ccc(C(C)(C)C)cc23)cc1. The van der Waals surface area contributed by atoms with Crippen molar-refractivity contribution in [3.8, 4) is 0 Å². The number of nitrogens with zero attached hydrogens (tertiary/aromatic N) is 3. The fraction of sp³-hybridized carbons (Fsp3) is 0.357. The molecule has 0 fully saturated rings. The van der Waals surface area contributed by atoms with Crippen LogP contribution in [0.2, 0.25) is 0 Å². The number of nitrogens with one attached hydrogen (secondary N) is 1. The summed E-state index contributed by atoms with van der Waals surface area (Å²) >= 11 is 0. The average molecular weight is 427 g/mol. The van der Waals surface area contributed by atoms with Gasteiger partial charge in [-0.05, 0) is 70.5 Å². The predicted octanol–water partition coefficient (Wildman–Crippen LogP) is 8.40. The Balaban J connectivity index is 1.88. The van der Waals surface area contributed by atoms with Crippen LogP contribution in [0, 0.1) is 0 Å². The molecule has 4 heteroatoms. The lowest BCUT2D eigenvalue weighted by molar-refractivity contribution is 0.590. The Morgan fingerprint density at radius 3 is 1.91 bits per heavy atom. The van der Waals surface area contributed by atoms with Gasteiger partial charge in [-0.2, -0.15) is 5.11 Å². The van der Waals surface area contributed by atoms with Crippen molar-refractivity contribution >= 4 is 38.9 Å². The molecule has 0 spiro atoms. The first kappa shape index (κ1) is 22.1. The Hall–Kier alpha value is -3.14. The zero-order valence-electron chi connectivity index (χ0n) is 20.5. The lowest BCUT2D eigenvalue weighted by atomic mass is 9.84. The van der Waals surface area contributed by atoms with E-state index < -0.39 is 0 Å². The molecule has 3 aromatic carbocycles. The minimum absolute atomic E-state index is 0.0110. The molecule has 1 N–H and O–H groups in total. The highest BCUT2D eigenvalue weighted by Gasteiger charge is 2.20. The van der Waals surface area contributed by atoms with Crippen molar-refractivity contribution in [2.75, 3.05) is 19.0 Å². The van der Waals surface area contributed by atoms with E-state index in [1.165, 1.54) is 21.9 Å². The van der Waals surface area contributed by atoms with Gasteiger partial charge in [0.05, 0.1) is 11.2 Å². The topological polar surface area (TPSA) is 43.8 Å². The maximum absolute atomic E-state index is 4.70. The molecule has 0 radical (unpaired) electrons. The normalized spacial score (nSPS) is 12.9. The number of hydrogen-bond donors (Lipinski definition) is 1. The molecule has 0 aliphatic heterocycles. The second-order valence-corrected chi connectivity index (χ2v) is 10.9. The number of anilines is 1. The van der Waals surface area contributed by atoms with Crippen molar-refractivity contribution in [1.29, 1.82) is 0 Å². The van der Waals surface area contributed by atoms with E-state index in [9.17, 15) is 0 Å². The number of aromatic amines is 1. The van der Waals surface area contributed by atoms with E-state index in [4.69, 9.17) is 5.11 Å². The van der Waals surface area contributed by atoms with Gasteiger partial charge in [0.2, 0.25) is 0 Å². The molecule has 0 bridgehead atoms. The average Bonchev–Trinajstić information content (AvgIpc) is 3.09. The third kappa shape index (κ3) is 4.27. The van der Waals surface area contributed by atoms with Gasteiger partial charge in [-0.3, -0.25) is 0 Å². The standard InChI is InChI=1S/C28H34N4/c1-27(2,3)18-9-14-24-22(15-18)23-16-19(28(4,5)6)17-25(26(23)29-24)31-30-20-10-12-21(13-11-20)32(7)8/h9-17,29H,1-8H3. The second kappa shape index (κ2) is 7.77. The summed E-state index contributed by atoms with van der Waals surface area (Å²) in [4.78, 5) is 5.68. The van der Waals surface area contributed by atoms with Crippen molar-refractivity contribution in [1.82, 2.24) is 4.98 Å². The third-order valence-corrected chi connectivity index (χ3v) is 6.06. The van der Waals surface area contributed by atoms with Crippen LogP contribution in [-0.2, 0) is 10.8 Å². The summed E-state index contributed by atoms with van der Waals surface area (Å²) in [7, 11) is 4.07. The highest BCUT2D eigenvalue weighted by Crippen LogP contribution is 2.39. The molecule has 0 aliphatic carbocycles. The van der Waals surface area contributed by atoms with Crippen LogP contribution in [-0.4, -0.2) is 19.1 Å². The number of hydrogen-bond acceptors (Lipinski definition) is 3. The monoisotopic (exact) mass is 426 g/mol. The molecule has 1 aromatic heterocycles. The molecule has 0 amide bonds. The molecular weight excluding hydrogens is 392 g/mol. The van der Waals surface area contributed by atoms with Crippen LogP contribution in [0.15, 0.2) is 64.8 Å². The number of fused-ring (bicyclic) bond motifs is 3. The van der Waals surface area contributed by atoms with Gasteiger partial charge in [0.15, 0.2) is 0 Å². The molecule has 0 atom stereocenters. The molecule has 4 aromatic rings. The largest absolute Gasteiger partial charge is 0.378 e. The summed E-state index contributed by atoms with van der Waals surface area (Å²) in [5.41, 5.74) is 7.72. The number of rotatable bonds is 3. The van der Waals surface area contributed by atoms with Crippen molar-refractivity contribution in [3.05, 3.63) is 65.7 Å². The van der Waals surface area contributed by atoms with Crippen LogP contribution in [0.3, 0.4) is 0 Å². The lowest BCUT2D eigenvalue weighted by Crippen LogP contribution is -2.11. The summed E-state index contributed by atoms with van der Waals surface area (Å²) in [6.45, 7) is 13.5. The van der Waals surface area contributed by atoms with Crippen molar-refractivity contribution < 1.29 is 0 Å². The Morgan fingerprint density at radius 1 is 0.688 bits per heavy atom. The van der Waals surface area contributed by atoms with Crippen LogP contribution in [0.4, 0.5) is 17.1 Å². The van der Waals surface area contributed by atoms with Gasteiger partial charge in [0, 0.05) is 36.1 Å². The Morgan fingerprint density at radius 2 is 1.31 bits per heavy atom. The highest BCUT2D eigenvalue weighted by molar-refractivity contribution is 6.11. The zero-order valence-corrected chi connectivity index (χ0v) is 20.5. The van der Waals surface area contributed by atoms with E-state index in [2.05, 4.69) is 99.0 Å². The minimum atomic E-state index is 0.0110. The smallest absolute Gasteiger partial charge is 0.110 e. The first-order valence-corrected chi connectivity index (χ1v) is 11.2. The molecule has 0 aliphatic rings. The van der Waals surface area contributed by atoms with Crippen molar-refractivity contribution in [3.63, 3.8) is 0 Å². The quantitative estimate of drug-likeness (QED) is 0.328. The summed E-state index contributed by atoms with van der Waals surface area (Å²) in [6, 6.07) is 19.3. The van der Waals surface area contributed by atoms with E-state index in [1.54, 1.807) is 0 Å². The van der Waals surface area contributed by atoms with Crippen LogP contribution < -0.4 is 4.90 Å². The Labute approximate surface area is 191 Å². The van der Waals surface area contributed by atoms with Crippen LogP contribution in [0.5, 0.6) is 0 Å². The number of aromatic nitrogens is 1. The number of H-pyrrole nitrogens is 1. The summed E-state index contributed by atoms with van der Waals surface area (Å²) in [6.07, 6.45) is 0. The molecule has 1 heterocycles. The lowest BCUT2D eigenvalue weighted by Gasteiger charge is -2.20. The molecule has 32 heavy (non-hydrogen) atoms. The number of benzene rings is 3. The van der Waals surface area contributed by atoms with E-state index in [1.807, 2.05) is 26.2 Å². The molecule has 0 saturated heterocycles. The summed E-state index contributed by atoms with van der Waals surface area (Å²) in [5.74, 6) is 0. The molecule has 166 valence electrons. The summed E-state index contributed by atoms with van der Waals surface area (Å²) < 4.78 is 0. The summed E-state index contributed by atoms with van der Waals surface area (Å²) in [5, 5.41) is 11.7. The van der Waals surface area contributed by atoms with Gasteiger partial charge < -0.3 is 9.88 Å². The number of azo groups is 1. The van der Waals surface area contributed by atoms with E-state index in [-0.39, 0.29) is 10.8 Å². The fourth-order valence-corrected chi connectivity index (χ4v) is 3.89. The Kier molecular flexibility index (Phi) is 5.36. The van der Waals surface area contributed by atoms with Crippen molar-refractivity contribution in [2.24, 2.45) is 10.2 Å². The van der Waals surface area contributed by atoms with Gasteiger partial charge in [-0.25, -0.2) is 0 Å². The van der Waals surface area contributed by atoms with Gasteiger partial charge in [0.1, 0.15) is 5.69 Å². The molecule has 0 unspecified atom stereocenters. The zero-order chi connectivity index (χ0) is 23.3. The van der Waals surface area contributed by atoms with E-state index in [0.29, 0.717) is 0 Å². The van der Waals surface area contributed by atoms with Crippen LogP contribution >= 0.6 is 0 Å². The van der Waals surface area contributed by atoms with Crippen LogP contribution in [0.1, 0.15) is 52.7 Å². The van der Waals surface area contributed by atoms with Gasteiger partial charge in [-0.1, -0.05) is 47.6 Å². The first-order valence-electron chi connectivity index (χ1n) is 11.2. The minimum Gasteiger partial charge on any atom is -0.378 e. The first-order chi connectivity index (χ1) is 14.9. The second-order valence-electron chi connectivity index (χ2n) is 10.9. The van der Waals surface area contributed by atoms with Gasteiger partial charge in [0.25, 0.3) is 0 Å². The molecule has 0 saturated carbocycles. The van der Waals surface area contributed by atoms with Crippen LogP contribution in [0.25, 0.3) is 21.8 Å². The molecular formula is C28H34N4. The van der Waals surface area contributed by atoms with Gasteiger partial charge in [-0.15, -0.1) is 5.11 Å². The maximum Gasteiger partial charge on any atom is 0.110 e. The fourth-order valence-electron chi connectivity index (χ4n) is 3.89. The highest BCUT2D eigenvalue weighted by atomic mass is 15.1. The van der Waals surface area contributed by atoms with E-state index >= 15 is 0 Å². The molecule has 4 nitrogen and oxygen atoms in total. The van der Waals surface area contributed by atoms with Crippen molar-refractivity contribution in [2.45, 2.75) is 52.4 Å². The molecule has 4 rings (SSSR count). The Bertz CT molecular complexity index is 1290. The predicted molar refractivity (Wildman–Crippen MR) is 138 cm³/mol.